The van der Waals surface area contributed by atoms with Crippen LogP contribution in [0.15, 0.2) is 59.5 Å². The molecular weight excluding hydrogens is 322 g/mol. The minimum atomic E-state index is -0.189. The monoisotopic (exact) mass is 345 g/mol. The quantitative estimate of drug-likeness (QED) is 0.704. The highest BCUT2D eigenvalue weighted by Crippen LogP contribution is 2.21. The van der Waals surface area contributed by atoms with E-state index in [1.807, 2.05) is 54.6 Å². The zero-order valence-electron chi connectivity index (χ0n) is 14.0. The first-order chi connectivity index (χ1) is 11.7. The standard InChI is InChI=1S/C19H23NO3S/c1-22-16-8-6-7-15(13-16)18(23-2)14-20-19(21)11-12-24-17-9-4-3-5-10-17/h3-10,13,18H,11-12,14H2,1-2H3,(H,20,21)/t18-/m1/s1. The second-order valence-electron chi connectivity index (χ2n) is 5.22. The number of nitrogens with one attached hydrogen (secondary N) is 1. The maximum atomic E-state index is 12.0. The number of hydrogen-bond donors (Lipinski definition) is 1. The van der Waals surface area contributed by atoms with Crippen LogP contribution in [0.25, 0.3) is 0 Å². The van der Waals surface area contributed by atoms with Gasteiger partial charge in [0, 0.05) is 30.7 Å². The highest BCUT2D eigenvalue weighted by atomic mass is 32.2. The summed E-state index contributed by atoms with van der Waals surface area (Å²) in [6.45, 7) is 0.443. The third-order valence-electron chi connectivity index (χ3n) is 3.58. The van der Waals surface area contributed by atoms with Gasteiger partial charge in [0.15, 0.2) is 0 Å². The van der Waals surface area contributed by atoms with Crippen molar-refractivity contribution in [3.63, 3.8) is 0 Å². The Morgan fingerprint density at radius 3 is 2.62 bits per heavy atom. The molecule has 1 amide bonds. The average molecular weight is 345 g/mol. The molecule has 0 fully saturated rings. The second kappa shape index (κ2) is 10.0. The predicted molar refractivity (Wildman–Crippen MR) is 97.5 cm³/mol. The van der Waals surface area contributed by atoms with E-state index in [9.17, 15) is 4.79 Å². The minimum absolute atomic E-state index is 0.0309. The molecule has 1 atom stereocenters. The van der Waals surface area contributed by atoms with Crippen LogP contribution >= 0.6 is 11.8 Å². The number of rotatable bonds is 9. The summed E-state index contributed by atoms with van der Waals surface area (Å²) in [5.74, 6) is 1.57. The Morgan fingerprint density at radius 1 is 1.12 bits per heavy atom. The van der Waals surface area contributed by atoms with Gasteiger partial charge in [-0.25, -0.2) is 0 Å². The molecule has 2 aromatic carbocycles. The van der Waals surface area contributed by atoms with E-state index >= 15 is 0 Å². The first-order valence-corrected chi connectivity index (χ1v) is 8.82. The third-order valence-corrected chi connectivity index (χ3v) is 4.59. The van der Waals surface area contributed by atoms with Crippen LogP contribution in [0.4, 0.5) is 0 Å². The number of benzene rings is 2. The van der Waals surface area contributed by atoms with E-state index in [2.05, 4.69) is 5.32 Å². The lowest BCUT2D eigenvalue weighted by molar-refractivity contribution is -0.121. The van der Waals surface area contributed by atoms with E-state index in [-0.39, 0.29) is 12.0 Å². The summed E-state index contributed by atoms with van der Waals surface area (Å²) in [5, 5.41) is 2.94. The minimum Gasteiger partial charge on any atom is -0.497 e. The first kappa shape index (κ1) is 18.4. The lowest BCUT2D eigenvalue weighted by Crippen LogP contribution is -2.29. The van der Waals surface area contributed by atoms with Gasteiger partial charge in [-0.1, -0.05) is 30.3 Å². The lowest BCUT2D eigenvalue weighted by atomic mass is 10.1. The van der Waals surface area contributed by atoms with Crippen LogP contribution < -0.4 is 10.1 Å². The van der Waals surface area contributed by atoms with Gasteiger partial charge in [-0.2, -0.15) is 0 Å². The molecule has 0 saturated heterocycles. The van der Waals surface area contributed by atoms with Crippen molar-refractivity contribution >= 4 is 17.7 Å². The lowest BCUT2D eigenvalue weighted by Gasteiger charge is -2.17. The van der Waals surface area contributed by atoms with Gasteiger partial charge >= 0.3 is 0 Å². The molecule has 128 valence electrons. The van der Waals surface area contributed by atoms with Crippen LogP contribution in [0.2, 0.25) is 0 Å². The molecule has 0 aliphatic rings. The molecule has 4 nitrogen and oxygen atoms in total. The number of carbonyl (C=O) groups is 1. The van der Waals surface area contributed by atoms with Crippen LogP contribution in [0.1, 0.15) is 18.1 Å². The molecule has 0 heterocycles. The molecule has 0 radical (unpaired) electrons. The normalized spacial score (nSPS) is 11.8. The Kier molecular flexibility index (Phi) is 7.65. The van der Waals surface area contributed by atoms with Crippen molar-refractivity contribution in [2.75, 3.05) is 26.5 Å². The van der Waals surface area contributed by atoms with Gasteiger partial charge in [-0.3, -0.25) is 4.79 Å². The topological polar surface area (TPSA) is 47.6 Å². The average Bonchev–Trinajstić information content (AvgIpc) is 2.63. The summed E-state index contributed by atoms with van der Waals surface area (Å²) in [4.78, 5) is 13.2. The van der Waals surface area contributed by atoms with Crippen molar-refractivity contribution < 1.29 is 14.3 Å². The molecule has 0 spiro atoms. The molecule has 0 aliphatic heterocycles. The fourth-order valence-electron chi connectivity index (χ4n) is 2.25. The van der Waals surface area contributed by atoms with E-state index in [1.165, 1.54) is 4.90 Å². The molecule has 2 aromatic rings. The summed E-state index contributed by atoms with van der Waals surface area (Å²) in [7, 11) is 3.27. The van der Waals surface area contributed by atoms with Gasteiger partial charge in [0.2, 0.25) is 5.91 Å². The van der Waals surface area contributed by atoms with Crippen LogP contribution in [-0.4, -0.2) is 32.4 Å². The van der Waals surface area contributed by atoms with Crippen LogP contribution in [-0.2, 0) is 9.53 Å². The van der Waals surface area contributed by atoms with Gasteiger partial charge in [0.1, 0.15) is 5.75 Å². The molecule has 1 N–H and O–H groups in total. The molecule has 0 aromatic heterocycles. The summed E-state index contributed by atoms with van der Waals surface area (Å²) in [6, 6.07) is 17.8. The fourth-order valence-corrected chi connectivity index (χ4v) is 3.13. The van der Waals surface area contributed by atoms with E-state index in [0.717, 1.165) is 17.1 Å². The van der Waals surface area contributed by atoms with Crippen molar-refractivity contribution in [2.24, 2.45) is 0 Å². The van der Waals surface area contributed by atoms with Crippen molar-refractivity contribution in [3.05, 3.63) is 60.2 Å². The van der Waals surface area contributed by atoms with Crippen LogP contribution in [0.3, 0.4) is 0 Å². The van der Waals surface area contributed by atoms with E-state index < -0.39 is 0 Å². The molecule has 5 heteroatoms. The van der Waals surface area contributed by atoms with Crippen LogP contribution in [0.5, 0.6) is 5.75 Å². The molecule has 2 rings (SSSR count). The number of methoxy groups -OCH3 is 2. The summed E-state index contributed by atoms with van der Waals surface area (Å²) >= 11 is 1.68. The van der Waals surface area contributed by atoms with Crippen molar-refractivity contribution in [2.45, 2.75) is 17.4 Å². The molecule has 0 unspecified atom stereocenters. The number of carbonyl (C=O) groups excluding carboxylic acids is 1. The van der Waals surface area contributed by atoms with E-state index in [4.69, 9.17) is 9.47 Å². The second-order valence-corrected chi connectivity index (χ2v) is 6.38. The predicted octanol–water partition coefficient (Wildman–Crippen LogP) is 3.68. The Balaban J connectivity index is 1.76. The Bertz CT molecular complexity index is 634. The summed E-state index contributed by atoms with van der Waals surface area (Å²) < 4.78 is 10.7. The fraction of sp³-hybridized carbons (Fsp3) is 0.316. The number of ether oxygens (including phenoxy) is 2. The first-order valence-electron chi connectivity index (χ1n) is 7.84. The van der Waals surface area contributed by atoms with E-state index in [0.29, 0.717) is 13.0 Å². The Hall–Kier alpha value is -1.98. The number of amides is 1. The number of hydrogen-bond acceptors (Lipinski definition) is 4. The Labute approximate surface area is 147 Å². The summed E-state index contributed by atoms with van der Waals surface area (Å²) in [5.41, 5.74) is 0.982. The highest BCUT2D eigenvalue weighted by molar-refractivity contribution is 7.99. The Morgan fingerprint density at radius 2 is 1.92 bits per heavy atom. The van der Waals surface area contributed by atoms with Crippen LogP contribution in [0, 0.1) is 0 Å². The number of thioether (sulfide) groups is 1. The van der Waals surface area contributed by atoms with Crippen molar-refractivity contribution in [3.8, 4) is 5.75 Å². The van der Waals surface area contributed by atoms with Gasteiger partial charge in [-0.15, -0.1) is 11.8 Å². The molecule has 0 saturated carbocycles. The molecular formula is C19H23NO3S. The van der Waals surface area contributed by atoms with Gasteiger partial charge < -0.3 is 14.8 Å². The van der Waals surface area contributed by atoms with Gasteiger partial charge in [0.25, 0.3) is 0 Å². The maximum absolute atomic E-state index is 12.0. The van der Waals surface area contributed by atoms with Gasteiger partial charge in [0.05, 0.1) is 13.2 Å². The largest absolute Gasteiger partial charge is 0.497 e. The summed E-state index contributed by atoms with van der Waals surface area (Å²) in [6.07, 6.45) is 0.291. The third kappa shape index (κ3) is 5.91. The van der Waals surface area contributed by atoms with Crippen molar-refractivity contribution in [1.29, 1.82) is 0 Å². The highest BCUT2D eigenvalue weighted by Gasteiger charge is 2.13. The smallest absolute Gasteiger partial charge is 0.220 e. The molecule has 0 bridgehead atoms. The van der Waals surface area contributed by atoms with E-state index in [1.54, 1.807) is 26.0 Å². The SMILES string of the molecule is COc1cccc([C@@H](CNC(=O)CCSc2ccccc2)OC)c1. The molecule has 24 heavy (non-hydrogen) atoms. The zero-order valence-corrected chi connectivity index (χ0v) is 14.8. The molecule has 0 aliphatic carbocycles. The van der Waals surface area contributed by atoms with Gasteiger partial charge in [-0.05, 0) is 29.8 Å². The van der Waals surface area contributed by atoms with Crippen molar-refractivity contribution in [1.82, 2.24) is 5.32 Å². The maximum Gasteiger partial charge on any atom is 0.220 e. The zero-order chi connectivity index (χ0) is 17.2.